The quantitative estimate of drug-likeness (QED) is 0.803. The fourth-order valence-electron chi connectivity index (χ4n) is 1.40. The van der Waals surface area contributed by atoms with Gasteiger partial charge in [-0.2, -0.15) is 4.98 Å². The van der Waals surface area contributed by atoms with Gasteiger partial charge in [0.15, 0.2) is 0 Å². The van der Waals surface area contributed by atoms with E-state index in [1.807, 2.05) is 6.07 Å². The summed E-state index contributed by atoms with van der Waals surface area (Å²) in [7, 11) is 2.07. The normalized spacial score (nSPS) is 10.6. The molecular formula is C12H22N4. The number of rotatable bonds is 6. The predicted octanol–water partition coefficient (Wildman–Crippen LogP) is 2.53. The summed E-state index contributed by atoms with van der Waals surface area (Å²) in [5.41, 5.74) is 0. The van der Waals surface area contributed by atoms with Crippen LogP contribution in [0.15, 0.2) is 12.3 Å². The number of aromatic nitrogens is 2. The highest BCUT2D eigenvalue weighted by Crippen LogP contribution is 2.11. The zero-order chi connectivity index (χ0) is 12.0. The van der Waals surface area contributed by atoms with Crippen molar-refractivity contribution in [2.75, 3.05) is 23.8 Å². The van der Waals surface area contributed by atoms with Gasteiger partial charge in [0.05, 0.1) is 0 Å². The van der Waals surface area contributed by atoms with Crippen molar-refractivity contribution in [3.63, 3.8) is 0 Å². The lowest BCUT2D eigenvalue weighted by Crippen LogP contribution is -2.21. The van der Waals surface area contributed by atoms with E-state index in [1.165, 1.54) is 12.8 Å². The molecule has 0 unspecified atom stereocenters. The second kappa shape index (κ2) is 6.30. The minimum Gasteiger partial charge on any atom is -0.360 e. The molecule has 1 rings (SSSR count). The third-order valence-corrected chi connectivity index (χ3v) is 2.30. The van der Waals surface area contributed by atoms with Crippen LogP contribution in [0.5, 0.6) is 0 Å². The Bertz CT molecular complexity index is 312. The van der Waals surface area contributed by atoms with E-state index in [0.29, 0.717) is 12.0 Å². The molecule has 90 valence electrons. The van der Waals surface area contributed by atoms with Crippen LogP contribution in [0, 0.1) is 0 Å². The first-order valence-electron chi connectivity index (χ1n) is 5.94. The molecule has 0 aromatic carbocycles. The Balaban J connectivity index is 2.65. The van der Waals surface area contributed by atoms with E-state index < -0.39 is 0 Å². The largest absolute Gasteiger partial charge is 0.360 e. The van der Waals surface area contributed by atoms with Gasteiger partial charge in [0.25, 0.3) is 0 Å². The van der Waals surface area contributed by atoms with Gasteiger partial charge in [0, 0.05) is 25.8 Å². The van der Waals surface area contributed by atoms with E-state index >= 15 is 0 Å². The van der Waals surface area contributed by atoms with Crippen LogP contribution >= 0.6 is 0 Å². The van der Waals surface area contributed by atoms with Crippen LogP contribution in [0.3, 0.4) is 0 Å². The van der Waals surface area contributed by atoms with E-state index in [-0.39, 0.29) is 0 Å². The highest BCUT2D eigenvalue weighted by atomic mass is 15.2. The molecule has 0 spiro atoms. The van der Waals surface area contributed by atoms with E-state index in [2.05, 4.69) is 48.0 Å². The van der Waals surface area contributed by atoms with Gasteiger partial charge >= 0.3 is 0 Å². The summed E-state index contributed by atoms with van der Waals surface area (Å²) in [6.07, 6.45) is 4.19. The Kier molecular flexibility index (Phi) is 5.02. The van der Waals surface area contributed by atoms with Crippen molar-refractivity contribution < 1.29 is 0 Å². The molecule has 1 aromatic heterocycles. The first-order valence-corrected chi connectivity index (χ1v) is 5.94. The summed E-state index contributed by atoms with van der Waals surface area (Å²) in [6.45, 7) is 7.39. The molecule has 0 saturated carbocycles. The highest BCUT2D eigenvalue weighted by molar-refractivity contribution is 5.41. The Hall–Kier alpha value is -1.32. The van der Waals surface area contributed by atoms with Crippen molar-refractivity contribution in [3.05, 3.63) is 12.3 Å². The van der Waals surface area contributed by atoms with Crippen LogP contribution in [-0.2, 0) is 0 Å². The fourth-order valence-corrected chi connectivity index (χ4v) is 1.40. The lowest BCUT2D eigenvalue weighted by molar-refractivity contribution is 0.757. The first-order chi connectivity index (χ1) is 7.63. The average molecular weight is 222 g/mol. The maximum Gasteiger partial charge on any atom is 0.224 e. The lowest BCUT2D eigenvalue weighted by atomic mass is 10.3. The van der Waals surface area contributed by atoms with E-state index in [4.69, 9.17) is 0 Å². The van der Waals surface area contributed by atoms with Crippen LogP contribution in [0.4, 0.5) is 11.8 Å². The van der Waals surface area contributed by atoms with Gasteiger partial charge in [-0.3, -0.25) is 0 Å². The van der Waals surface area contributed by atoms with Gasteiger partial charge in [-0.1, -0.05) is 13.3 Å². The molecule has 4 nitrogen and oxygen atoms in total. The zero-order valence-corrected chi connectivity index (χ0v) is 10.7. The molecule has 4 heteroatoms. The molecule has 16 heavy (non-hydrogen) atoms. The molecule has 0 aliphatic carbocycles. The number of nitrogens with zero attached hydrogens (tertiary/aromatic N) is 3. The average Bonchev–Trinajstić information content (AvgIpc) is 2.25. The van der Waals surface area contributed by atoms with Gasteiger partial charge in [0.2, 0.25) is 5.95 Å². The van der Waals surface area contributed by atoms with Gasteiger partial charge in [-0.15, -0.1) is 0 Å². The number of hydrogen-bond acceptors (Lipinski definition) is 4. The third-order valence-electron chi connectivity index (χ3n) is 2.30. The topological polar surface area (TPSA) is 41.1 Å². The number of anilines is 2. The number of hydrogen-bond donors (Lipinski definition) is 1. The van der Waals surface area contributed by atoms with Crippen molar-refractivity contribution in [1.29, 1.82) is 0 Å². The molecule has 0 aliphatic heterocycles. The van der Waals surface area contributed by atoms with Crippen molar-refractivity contribution in [3.8, 4) is 0 Å². The van der Waals surface area contributed by atoms with E-state index in [0.717, 1.165) is 12.4 Å². The molecule has 0 radical (unpaired) electrons. The molecular weight excluding hydrogens is 200 g/mol. The van der Waals surface area contributed by atoms with E-state index in [1.54, 1.807) is 6.20 Å². The molecule has 1 N–H and O–H groups in total. The standard InChI is InChI=1S/C12H22N4/c1-5-6-9-16(4)11-7-8-13-12(15-11)14-10(2)3/h7-8,10H,5-6,9H2,1-4H3,(H,13,14,15). The first kappa shape index (κ1) is 12.7. The molecule has 1 aromatic rings. The monoisotopic (exact) mass is 222 g/mol. The predicted molar refractivity (Wildman–Crippen MR) is 69.0 cm³/mol. The Labute approximate surface area is 98.1 Å². The summed E-state index contributed by atoms with van der Waals surface area (Å²) >= 11 is 0. The van der Waals surface area contributed by atoms with Crippen molar-refractivity contribution in [1.82, 2.24) is 9.97 Å². The molecule has 0 fully saturated rings. The van der Waals surface area contributed by atoms with Crippen LogP contribution in [-0.4, -0.2) is 29.6 Å². The molecule has 0 aliphatic rings. The van der Waals surface area contributed by atoms with Gasteiger partial charge < -0.3 is 10.2 Å². The fraction of sp³-hybridized carbons (Fsp3) is 0.667. The summed E-state index contributed by atoms with van der Waals surface area (Å²) in [5.74, 6) is 1.68. The Morgan fingerprint density at radius 1 is 1.44 bits per heavy atom. The summed E-state index contributed by atoms with van der Waals surface area (Å²) in [5, 5.41) is 3.21. The van der Waals surface area contributed by atoms with Crippen LogP contribution in [0.25, 0.3) is 0 Å². The minimum atomic E-state index is 0.358. The molecule has 0 atom stereocenters. The van der Waals surface area contributed by atoms with Crippen molar-refractivity contribution in [2.24, 2.45) is 0 Å². The second-order valence-electron chi connectivity index (χ2n) is 4.31. The molecule has 0 amide bonds. The molecule has 0 bridgehead atoms. The SMILES string of the molecule is CCCCN(C)c1ccnc(NC(C)C)n1. The maximum absolute atomic E-state index is 4.47. The van der Waals surface area contributed by atoms with Gasteiger partial charge in [-0.25, -0.2) is 4.98 Å². The Morgan fingerprint density at radius 3 is 2.81 bits per heavy atom. The van der Waals surface area contributed by atoms with Crippen LogP contribution < -0.4 is 10.2 Å². The lowest BCUT2D eigenvalue weighted by Gasteiger charge is -2.18. The van der Waals surface area contributed by atoms with E-state index in [9.17, 15) is 0 Å². The Morgan fingerprint density at radius 2 is 2.19 bits per heavy atom. The third kappa shape index (κ3) is 4.04. The van der Waals surface area contributed by atoms with Crippen molar-refractivity contribution >= 4 is 11.8 Å². The molecule has 1 heterocycles. The smallest absolute Gasteiger partial charge is 0.224 e. The van der Waals surface area contributed by atoms with Crippen molar-refractivity contribution in [2.45, 2.75) is 39.7 Å². The number of nitrogens with one attached hydrogen (secondary N) is 1. The van der Waals surface area contributed by atoms with Crippen LogP contribution in [0.1, 0.15) is 33.6 Å². The number of unbranched alkanes of at least 4 members (excludes halogenated alkanes) is 1. The summed E-state index contributed by atoms with van der Waals surface area (Å²) in [4.78, 5) is 10.8. The van der Waals surface area contributed by atoms with Crippen LogP contribution in [0.2, 0.25) is 0 Å². The zero-order valence-electron chi connectivity index (χ0n) is 10.7. The minimum absolute atomic E-state index is 0.358. The van der Waals surface area contributed by atoms with Gasteiger partial charge in [0.1, 0.15) is 5.82 Å². The maximum atomic E-state index is 4.47. The molecule has 0 saturated heterocycles. The summed E-state index contributed by atoms with van der Waals surface area (Å²) in [6, 6.07) is 2.30. The summed E-state index contributed by atoms with van der Waals surface area (Å²) < 4.78 is 0. The van der Waals surface area contributed by atoms with Gasteiger partial charge in [-0.05, 0) is 26.3 Å². The second-order valence-corrected chi connectivity index (χ2v) is 4.31. The highest BCUT2D eigenvalue weighted by Gasteiger charge is 2.04.